The van der Waals surface area contributed by atoms with Crippen molar-refractivity contribution < 1.29 is 45.3 Å². The second kappa shape index (κ2) is 9.91. The number of benzene rings is 1. The number of carbonyl (C=O) groups is 1. The maximum absolute atomic E-state index is 12.5. The number of halogens is 2. The SMILES string of the molecule is C=CCOc1cc(O)c2c(c1Cl)CC(=O)/C=C/C[I-]/C=C/C[C@@H](C)OC1O[C@@H]21. The molecule has 1 saturated heterocycles. The number of carbonyl (C=O) groups excluding carboxylic acids is 1. The van der Waals surface area contributed by atoms with Crippen molar-refractivity contribution in [2.45, 2.75) is 38.3 Å². The van der Waals surface area contributed by atoms with E-state index in [1.54, 1.807) is 12.2 Å². The molecule has 0 aliphatic carbocycles. The van der Waals surface area contributed by atoms with Crippen LogP contribution in [0.5, 0.6) is 11.5 Å². The molecule has 1 fully saturated rings. The van der Waals surface area contributed by atoms with Crippen LogP contribution in [-0.2, 0) is 20.7 Å². The molecule has 3 atom stereocenters. The number of phenols is 1. The van der Waals surface area contributed by atoms with E-state index < -0.39 is 12.4 Å². The topological polar surface area (TPSA) is 68.3 Å². The molecule has 0 saturated carbocycles. The van der Waals surface area contributed by atoms with Crippen LogP contribution >= 0.6 is 11.6 Å². The van der Waals surface area contributed by atoms with Gasteiger partial charge in [-0.15, -0.1) is 0 Å². The first-order valence-electron chi connectivity index (χ1n) is 9.02. The predicted molar refractivity (Wildman–Crippen MR) is 103 cm³/mol. The standard InChI is InChI=1S/C21H23ClIO5/c1-3-10-26-17-12-16(25)18-15(19(17)22)11-14(24)7-5-9-23-8-4-6-13(2)27-21-20(18)28-21/h3-5,7-8,12-13,20-21,25H,1,6,9-11H2,2H3/q-1/b7-5+,8-4+/t13-,20+,21?/m1/s1. The summed E-state index contributed by atoms with van der Waals surface area (Å²) in [4.78, 5) is 12.5. The number of allylic oxidation sites excluding steroid dienone is 2. The maximum atomic E-state index is 12.5. The van der Waals surface area contributed by atoms with Crippen molar-refractivity contribution in [3.8, 4) is 11.5 Å². The van der Waals surface area contributed by atoms with Gasteiger partial charge >= 0.3 is 181 Å². The molecule has 1 unspecified atom stereocenters. The van der Waals surface area contributed by atoms with Crippen molar-refractivity contribution in [2.24, 2.45) is 0 Å². The van der Waals surface area contributed by atoms with Crippen molar-refractivity contribution in [1.82, 2.24) is 0 Å². The molecule has 28 heavy (non-hydrogen) atoms. The van der Waals surface area contributed by atoms with Gasteiger partial charge in [0.25, 0.3) is 0 Å². The van der Waals surface area contributed by atoms with E-state index in [0.717, 1.165) is 10.8 Å². The quantitative estimate of drug-likeness (QED) is 0.281. The van der Waals surface area contributed by atoms with Crippen LogP contribution in [0, 0.1) is 0 Å². The summed E-state index contributed by atoms with van der Waals surface area (Å²) in [7, 11) is 0. The van der Waals surface area contributed by atoms with Crippen LogP contribution < -0.4 is 25.9 Å². The number of fused-ring (bicyclic) bond motifs is 3. The zero-order valence-electron chi connectivity index (χ0n) is 15.6. The van der Waals surface area contributed by atoms with Crippen LogP contribution in [0.25, 0.3) is 0 Å². The minimum atomic E-state index is -0.463. The zero-order valence-corrected chi connectivity index (χ0v) is 18.5. The van der Waals surface area contributed by atoms with E-state index in [9.17, 15) is 9.90 Å². The van der Waals surface area contributed by atoms with Gasteiger partial charge in [0.2, 0.25) is 0 Å². The van der Waals surface area contributed by atoms with Gasteiger partial charge < -0.3 is 0 Å². The molecular formula is C21H23ClIO5-. The molecule has 1 N–H and O–H groups in total. The Morgan fingerprint density at radius 1 is 1.43 bits per heavy atom. The molecule has 0 amide bonds. The number of hydrogen-bond donors (Lipinski definition) is 1. The van der Waals surface area contributed by atoms with E-state index >= 15 is 0 Å². The number of hydrogen-bond acceptors (Lipinski definition) is 5. The van der Waals surface area contributed by atoms with Gasteiger partial charge in [-0.25, -0.2) is 0 Å². The van der Waals surface area contributed by atoms with Gasteiger partial charge in [-0.1, -0.05) is 0 Å². The first-order chi connectivity index (χ1) is 13.5. The van der Waals surface area contributed by atoms with Gasteiger partial charge in [-0.05, 0) is 0 Å². The van der Waals surface area contributed by atoms with Gasteiger partial charge in [0.1, 0.15) is 0 Å². The molecule has 0 radical (unpaired) electrons. The van der Waals surface area contributed by atoms with Crippen LogP contribution in [0.2, 0.25) is 5.02 Å². The average Bonchev–Trinajstić information content (AvgIpc) is 3.40. The van der Waals surface area contributed by atoms with Crippen LogP contribution in [0.4, 0.5) is 0 Å². The van der Waals surface area contributed by atoms with Gasteiger partial charge in [0.05, 0.1) is 0 Å². The van der Waals surface area contributed by atoms with Gasteiger partial charge in [-0.3, -0.25) is 0 Å². The van der Waals surface area contributed by atoms with Crippen molar-refractivity contribution in [2.75, 3.05) is 11.0 Å². The molecule has 2 heterocycles. The van der Waals surface area contributed by atoms with E-state index in [4.69, 9.17) is 25.8 Å². The third-order valence-corrected chi connectivity index (χ3v) is 6.74. The summed E-state index contributed by atoms with van der Waals surface area (Å²) in [5.74, 6) is 0.209. The zero-order chi connectivity index (χ0) is 20.1. The predicted octanol–water partition coefficient (Wildman–Crippen LogP) is 1.09. The number of phenolic OH excluding ortho intramolecular Hbond substituents is 1. The van der Waals surface area contributed by atoms with E-state index in [1.807, 2.05) is 13.0 Å². The Labute approximate surface area is 180 Å². The minimum absolute atomic E-state index is 0.00572. The monoisotopic (exact) mass is 517 g/mol. The third kappa shape index (κ3) is 5.37. The summed E-state index contributed by atoms with van der Waals surface area (Å²) in [5, 5.41) is 10.9. The summed E-state index contributed by atoms with van der Waals surface area (Å²) in [5.41, 5.74) is 1.01. The number of epoxide rings is 1. The third-order valence-electron chi connectivity index (χ3n) is 4.29. The van der Waals surface area contributed by atoms with Gasteiger partial charge in [0, 0.05) is 0 Å². The Morgan fingerprint density at radius 2 is 2.25 bits per heavy atom. The molecule has 1 aromatic rings. The fourth-order valence-corrected chi connectivity index (χ4v) is 4.71. The van der Waals surface area contributed by atoms with Crippen molar-refractivity contribution in [3.05, 3.63) is 57.2 Å². The second-order valence-corrected chi connectivity index (χ2v) is 9.38. The van der Waals surface area contributed by atoms with Crippen LogP contribution in [-0.4, -0.2) is 34.3 Å². The first kappa shape index (κ1) is 21.4. The average molecular weight is 518 g/mol. The Balaban J connectivity index is 1.96. The molecule has 7 heteroatoms. The summed E-state index contributed by atoms with van der Waals surface area (Å²) in [6, 6.07) is 1.45. The van der Waals surface area contributed by atoms with E-state index in [0.29, 0.717) is 21.9 Å². The van der Waals surface area contributed by atoms with Crippen molar-refractivity contribution in [3.63, 3.8) is 0 Å². The van der Waals surface area contributed by atoms with Crippen LogP contribution in [0.3, 0.4) is 0 Å². The fraction of sp³-hybridized carbons (Fsp3) is 0.381. The summed E-state index contributed by atoms with van der Waals surface area (Å²) >= 11 is 6.42. The van der Waals surface area contributed by atoms with Gasteiger partial charge in [0.15, 0.2) is 0 Å². The molecule has 1 aromatic carbocycles. The summed E-state index contributed by atoms with van der Waals surface area (Å²) in [6.07, 6.45) is 7.12. The molecular weight excluding hydrogens is 495 g/mol. The van der Waals surface area contributed by atoms with Crippen molar-refractivity contribution in [1.29, 1.82) is 0 Å². The molecule has 0 bridgehead atoms. The van der Waals surface area contributed by atoms with E-state index in [1.165, 1.54) is 6.07 Å². The summed E-state index contributed by atoms with van der Waals surface area (Å²) in [6.45, 7) is 5.84. The normalized spacial score (nSPS) is 27.8. The molecule has 2 aliphatic heterocycles. The number of aromatic hydroxyl groups is 1. The Kier molecular flexibility index (Phi) is 7.56. The molecule has 5 nitrogen and oxygen atoms in total. The molecule has 0 aromatic heterocycles. The Bertz CT molecular complexity index is 804. The van der Waals surface area contributed by atoms with E-state index in [2.05, 4.69) is 16.7 Å². The Morgan fingerprint density at radius 3 is 3.04 bits per heavy atom. The number of ketones is 1. The number of ether oxygens (including phenoxy) is 3. The molecule has 3 rings (SSSR count). The first-order valence-corrected chi connectivity index (χ1v) is 12.2. The van der Waals surface area contributed by atoms with Crippen LogP contribution in [0.1, 0.15) is 30.6 Å². The molecule has 2 aliphatic rings. The van der Waals surface area contributed by atoms with E-state index in [-0.39, 0.29) is 51.9 Å². The van der Waals surface area contributed by atoms with Crippen molar-refractivity contribution >= 4 is 17.4 Å². The molecule has 152 valence electrons. The number of rotatable bonds is 3. The second-order valence-electron chi connectivity index (χ2n) is 6.52. The molecule has 0 spiro atoms. The summed E-state index contributed by atoms with van der Waals surface area (Å²) < 4.78 is 20.2. The van der Waals surface area contributed by atoms with Gasteiger partial charge in [-0.2, -0.15) is 0 Å². The fourth-order valence-electron chi connectivity index (χ4n) is 2.94. The number of alkyl halides is 1. The van der Waals surface area contributed by atoms with Crippen LogP contribution in [0.15, 0.2) is 41.0 Å². The Hall–Kier alpha value is -1.35.